The fourth-order valence-corrected chi connectivity index (χ4v) is 3.04. The summed E-state index contributed by atoms with van der Waals surface area (Å²) in [6, 6.07) is 9.31. The van der Waals surface area contributed by atoms with E-state index in [9.17, 15) is 18.0 Å². The maximum absolute atomic E-state index is 12.3. The van der Waals surface area contributed by atoms with Gasteiger partial charge in [-0.3, -0.25) is 9.59 Å². The third kappa shape index (κ3) is 7.01. The maximum atomic E-state index is 12.3. The van der Waals surface area contributed by atoms with Gasteiger partial charge in [0, 0.05) is 26.2 Å². The topological polar surface area (TPSA) is 96.0 Å². The van der Waals surface area contributed by atoms with Crippen LogP contribution in [-0.4, -0.2) is 75.6 Å². The number of sulfonamides is 1. The van der Waals surface area contributed by atoms with Gasteiger partial charge in [0.15, 0.2) is 0 Å². The molecule has 1 fully saturated rings. The first-order chi connectivity index (χ1) is 12.3. The Morgan fingerprint density at radius 1 is 1.04 bits per heavy atom. The molecule has 1 N–H and O–H groups in total. The minimum atomic E-state index is -3.40. The van der Waals surface area contributed by atoms with E-state index in [2.05, 4.69) is 4.72 Å². The lowest BCUT2D eigenvalue weighted by atomic mass is 10.3. The monoisotopic (exact) mass is 383 g/mol. The fourth-order valence-electron chi connectivity index (χ4n) is 2.65. The van der Waals surface area contributed by atoms with Crippen molar-refractivity contribution in [3.8, 4) is 5.75 Å². The van der Waals surface area contributed by atoms with Crippen molar-refractivity contribution >= 4 is 21.8 Å². The molecule has 0 aromatic heterocycles. The number of carbonyl (C=O) groups is 2. The van der Waals surface area contributed by atoms with Crippen molar-refractivity contribution in [2.45, 2.75) is 12.8 Å². The van der Waals surface area contributed by atoms with E-state index in [-0.39, 0.29) is 24.8 Å². The minimum Gasteiger partial charge on any atom is -0.493 e. The molecule has 2 rings (SSSR count). The molecule has 1 heterocycles. The highest BCUT2D eigenvalue weighted by Gasteiger charge is 2.22. The summed E-state index contributed by atoms with van der Waals surface area (Å²) in [5.74, 6) is 0.438. The van der Waals surface area contributed by atoms with E-state index in [0.717, 1.165) is 12.0 Å². The molecule has 8 nitrogen and oxygen atoms in total. The number of hydrogen-bond donors (Lipinski definition) is 1. The average molecular weight is 383 g/mol. The van der Waals surface area contributed by atoms with Gasteiger partial charge in [0.2, 0.25) is 21.8 Å². The van der Waals surface area contributed by atoms with E-state index in [1.165, 1.54) is 0 Å². The van der Waals surface area contributed by atoms with E-state index in [4.69, 9.17) is 4.74 Å². The Bertz CT molecular complexity index is 708. The molecular weight excluding hydrogens is 358 g/mol. The van der Waals surface area contributed by atoms with Crippen molar-refractivity contribution in [3.63, 3.8) is 0 Å². The summed E-state index contributed by atoms with van der Waals surface area (Å²) in [7, 11) is -3.40. The second-order valence-corrected chi connectivity index (χ2v) is 7.95. The first-order valence-electron chi connectivity index (χ1n) is 8.53. The summed E-state index contributed by atoms with van der Waals surface area (Å²) in [4.78, 5) is 27.7. The van der Waals surface area contributed by atoms with E-state index in [1.807, 2.05) is 30.3 Å². The highest BCUT2D eigenvalue weighted by Crippen LogP contribution is 2.10. The lowest BCUT2D eigenvalue weighted by molar-refractivity contribution is -0.133. The van der Waals surface area contributed by atoms with Gasteiger partial charge in [-0.05, 0) is 18.6 Å². The van der Waals surface area contributed by atoms with Crippen molar-refractivity contribution in [1.29, 1.82) is 0 Å². The lowest BCUT2D eigenvalue weighted by Gasteiger charge is -2.22. The summed E-state index contributed by atoms with van der Waals surface area (Å²) in [6.45, 7) is 1.98. The highest BCUT2D eigenvalue weighted by molar-refractivity contribution is 7.88. The van der Waals surface area contributed by atoms with Crippen LogP contribution in [0.5, 0.6) is 5.75 Å². The van der Waals surface area contributed by atoms with Crippen LogP contribution in [0.4, 0.5) is 0 Å². The Balaban J connectivity index is 1.74. The highest BCUT2D eigenvalue weighted by atomic mass is 32.2. The van der Waals surface area contributed by atoms with Crippen molar-refractivity contribution in [3.05, 3.63) is 30.3 Å². The van der Waals surface area contributed by atoms with Crippen molar-refractivity contribution < 1.29 is 22.7 Å². The van der Waals surface area contributed by atoms with Gasteiger partial charge in [-0.15, -0.1) is 0 Å². The minimum absolute atomic E-state index is 0.00973. The van der Waals surface area contributed by atoms with Gasteiger partial charge >= 0.3 is 0 Å². The zero-order valence-electron chi connectivity index (χ0n) is 14.9. The van der Waals surface area contributed by atoms with Crippen LogP contribution < -0.4 is 9.46 Å². The standard InChI is InChI=1S/C17H25N3O5S/c1-26(23,24)18-14-17(22)20-10-5-9-19(11-12-20)16(21)8-13-25-15-6-3-2-4-7-15/h2-4,6-7,18H,5,8-14H2,1H3. The zero-order chi connectivity index (χ0) is 19.0. The Morgan fingerprint density at radius 2 is 1.65 bits per heavy atom. The van der Waals surface area contributed by atoms with E-state index >= 15 is 0 Å². The molecule has 1 aliphatic rings. The van der Waals surface area contributed by atoms with E-state index in [1.54, 1.807) is 9.80 Å². The number of nitrogens with zero attached hydrogens (tertiary/aromatic N) is 2. The molecule has 1 aliphatic heterocycles. The molecule has 0 radical (unpaired) electrons. The molecular formula is C17H25N3O5S. The van der Waals surface area contributed by atoms with E-state index in [0.29, 0.717) is 39.2 Å². The van der Waals surface area contributed by atoms with Crippen molar-refractivity contribution in [1.82, 2.24) is 14.5 Å². The molecule has 1 aromatic rings. The molecule has 1 aromatic carbocycles. The molecule has 1 saturated heterocycles. The van der Waals surface area contributed by atoms with Gasteiger partial charge in [-0.25, -0.2) is 13.1 Å². The third-order valence-electron chi connectivity index (χ3n) is 4.01. The van der Waals surface area contributed by atoms with Gasteiger partial charge in [0.25, 0.3) is 0 Å². The number of hydrogen-bond acceptors (Lipinski definition) is 5. The smallest absolute Gasteiger partial charge is 0.237 e. The first kappa shape index (κ1) is 20.2. The predicted molar refractivity (Wildman–Crippen MR) is 97.2 cm³/mol. The summed E-state index contributed by atoms with van der Waals surface area (Å²) >= 11 is 0. The molecule has 0 spiro atoms. The van der Waals surface area contributed by atoms with Gasteiger partial charge in [0.1, 0.15) is 5.75 Å². The molecule has 2 amide bonds. The van der Waals surface area contributed by atoms with Crippen LogP contribution in [0.2, 0.25) is 0 Å². The molecule has 0 bridgehead atoms. The fraction of sp³-hybridized carbons (Fsp3) is 0.529. The predicted octanol–water partition coefficient (Wildman–Crippen LogP) is 0.0656. The quantitative estimate of drug-likeness (QED) is 0.719. The lowest BCUT2D eigenvalue weighted by Crippen LogP contribution is -2.42. The molecule has 0 atom stereocenters. The maximum Gasteiger partial charge on any atom is 0.237 e. The largest absolute Gasteiger partial charge is 0.493 e. The average Bonchev–Trinajstić information content (AvgIpc) is 2.86. The SMILES string of the molecule is CS(=O)(=O)NCC(=O)N1CCCN(C(=O)CCOc2ccccc2)CC1. The van der Waals surface area contributed by atoms with Crippen LogP contribution in [0.25, 0.3) is 0 Å². The Hall–Kier alpha value is -2.13. The van der Waals surface area contributed by atoms with Gasteiger partial charge in [-0.2, -0.15) is 0 Å². The second-order valence-electron chi connectivity index (χ2n) is 6.12. The van der Waals surface area contributed by atoms with Crippen molar-refractivity contribution in [2.24, 2.45) is 0 Å². The number of para-hydroxylation sites is 1. The number of amides is 2. The first-order valence-corrected chi connectivity index (χ1v) is 10.4. The number of ether oxygens (including phenoxy) is 1. The molecule has 144 valence electrons. The van der Waals surface area contributed by atoms with Crippen molar-refractivity contribution in [2.75, 3.05) is 45.6 Å². The van der Waals surface area contributed by atoms with Gasteiger partial charge < -0.3 is 14.5 Å². The molecule has 0 unspecified atom stereocenters. The van der Waals surface area contributed by atoms with Gasteiger partial charge in [0.05, 0.1) is 25.8 Å². The Kier molecular flexibility index (Phi) is 7.40. The van der Waals surface area contributed by atoms with Crippen LogP contribution in [0.3, 0.4) is 0 Å². The number of benzene rings is 1. The summed E-state index contributed by atoms with van der Waals surface area (Å²) in [5.41, 5.74) is 0. The van der Waals surface area contributed by atoms with Crippen LogP contribution in [0.1, 0.15) is 12.8 Å². The molecule has 9 heteroatoms. The normalized spacial score (nSPS) is 15.4. The van der Waals surface area contributed by atoms with Crippen LogP contribution in [0, 0.1) is 0 Å². The summed E-state index contributed by atoms with van der Waals surface area (Å²) < 4.78 is 29.9. The Morgan fingerprint density at radius 3 is 2.27 bits per heavy atom. The number of rotatable bonds is 7. The van der Waals surface area contributed by atoms with Crippen LogP contribution in [-0.2, 0) is 19.6 Å². The summed E-state index contributed by atoms with van der Waals surface area (Å²) in [6.07, 6.45) is 1.95. The molecule has 26 heavy (non-hydrogen) atoms. The number of nitrogens with one attached hydrogen (secondary N) is 1. The Labute approximate surface area is 154 Å². The summed E-state index contributed by atoms with van der Waals surface area (Å²) in [5, 5.41) is 0. The van der Waals surface area contributed by atoms with Gasteiger partial charge in [-0.1, -0.05) is 18.2 Å². The third-order valence-corrected chi connectivity index (χ3v) is 4.68. The van der Waals surface area contributed by atoms with E-state index < -0.39 is 10.0 Å². The molecule has 0 saturated carbocycles. The molecule has 0 aliphatic carbocycles. The second kappa shape index (κ2) is 9.54. The van der Waals surface area contributed by atoms with Crippen LogP contribution in [0.15, 0.2) is 30.3 Å². The zero-order valence-corrected chi connectivity index (χ0v) is 15.7. The van der Waals surface area contributed by atoms with Crippen LogP contribution >= 0.6 is 0 Å². The number of carbonyl (C=O) groups excluding carboxylic acids is 2.